The summed E-state index contributed by atoms with van der Waals surface area (Å²) in [5.41, 5.74) is 2.05. The maximum absolute atomic E-state index is 9.75. The van der Waals surface area contributed by atoms with Gasteiger partial charge in [0.1, 0.15) is 11.0 Å². The van der Waals surface area contributed by atoms with E-state index in [9.17, 15) is 15.5 Å². The minimum Gasteiger partial charge on any atom is -0.393 e. The van der Waals surface area contributed by atoms with Crippen LogP contribution in [-0.4, -0.2) is 79.5 Å². The molecule has 8 nitrogen and oxygen atoms in total. The number of aliphatic hydroxyl groups excluding tert-OH is 2. The SMILES string of the molecule is N#C/C(=C\c1ccc2cc(NCCN3CCOCC3)ccc2c1)SNCC1CC(O)CC(O)O1. The van der Waals surface area contributed by atoms with Gasteiger partial charge in [-0.3, -0.25) is 9.62 Å². The topological polar surface area (TPSA) is 110 Å². The fourth-order valence-corrected chi connectivity index (χ4v) is 4.86. The van der Waals surface area contributed by atoms with Gasteiger partial charge in [0.05, 0.1) is 25.4 Å². The molecule has 0 amide bonds. The molecule has 182 valence electrons. The van der Waals surface area contributed by atoms with Crippen molar-refractivity contribution in [2.24, 2.45) is 0 Å². The van der Waals surface area contributed by atoms with E-state index < -0.39 is 12.4 Å². The van der Waals surface area contributed by atoms with Crippen molar-refractivity contribution in [3.63, 3.8) is 0 Å². The minimum absolute atomic E-state index is 0.237. The molecule has 2 heterocycles. The van der Waals surface area contributed by atoms with E-state index in [-0.39, 0.29) is 12.5 Å². The molecule has 4 rings (SSSR count). The van der Waals surface area contributed by atoms with Gasteiger partial charge in [-0.25, -0.2) is 0 Å². The Hall–Kier alpha value is -2.16. The molecule has 0 aromatic heterocycles. The Morgan fingerprint density at radius 2 is 1.94 bits per heavy atom. The Labute approximate surface area is 204 Å². The van der Waals surface area contributed by atoms with Gasteiger partial charge in [0.25, 0.3) is 0 Å². The lowest BCUT2D eigenvalue weighted by Gasteiger charge is -2.30. The van der Waals surface area contributed by atoms with Crippen LogP contribution in [0.1, 0.15) is 18.4 Å². The molecule has 0 bridgehead atoms. The number of nitriles is 1. The maximum atomic E-state index is 9.75. The van der Waals surface area contributed by atoms with Crippen molar-refractivity contribution in [2.75, 3.05) is 51.3 Å². The van der Waals surface area contributed by atoms with Crippen LogP contribution in [0.3, 0.4) is 0 Å². The van der Waals surface area contributed by atoms with Gasteiger partial charge < -0.3 is 25.0 Å². The molecule has 2 fully saturated rings. The number of ether oxygens (including phenoxy) is 2. The first-order chi connectivity index (χ1) is 16.6. The van der Waals surface area contributed by atoms with E-state index in [1.165, 1.54) is 11.9 Å². The van der Waals surface area contributed by atoms with Gasteiger partial charge in [-0.1, -0.05) is 18.2 Å². The number of hydrogen-bond acceptors (Lipinski definition) is 9. The Morgan fingerprint density at radius 3 is 2.74 bits per heavy atom. The molecule has 2 aliphatic heterocycles. The Bertz CT molecular complexity index is 1010. The predicted molar refractivity (Wildman–Crippen MR) is 135 cm³/mol. The highest BCUT2D eigenvalue weighted by atomic mass is 32.2. The number of hydrogen-bond donors (Lipinski definition) is 4. The molecule has 2 aliphatic rings. The van der Waals surface area contributed by atoms with E-state index in [4.69, 9.17) is 9.47 Å². The lowest BCUT2D eigenvalue weighted by atomic mass is 10.1. The largest absolute Gasteiger partial charge is 0.393 e. The van der Waals surface area contributed by atoms with Crippen LogP contribution in [0.5, 0.6) is 0 Å². The first-order valence-corrected chi connectivity index (χ1v) is 12.5. The third kappa shape index (κ3) is 7.42. The molecule has 4 N–H and O–H groups in total. The van der Waals surface area contributed by atoms with E-state index >= 15 is 0 Å². The quantitative estimate of drug-likeness (QED) is 0.315. The third-order valence-corrected chi connectivity index (χ3v) is 6.72. The average Bonchev–Trinajstić information content (AvgIpc) is 2.83. The summed E-state index contributed by atoms with van der Waals surface area (Å²) in [5.74, 6) is 0. The highest BCUT2D eigenvalue weighted by Crippen LogP contribution is 2.24. The van der Waals surface area contributed by atoms with Crippen LogP contribution in [0.2, 0.25) is 0 Å². The van der Waals surface area contributed by atoms with E-state index in [1.54, 1.807) is 0 Å². The van der Waals surface area contributed by atoms with Crippen LogP contribution in [0.4, 0.5) is 5.69 Å². The Kier molecular flexibility index (Phi) is 9.18. The standard InChI is InChI=1S/C25H32N4O4S/c26-16-24(34-28-17-23-14-22(30)15-25(31)33-23)12-18-1-2-20-13-21(4-3-19(20)11-18)27-5-6-29-7-9-32-10-8-29/h1-4,11-13,22-23,25,27-28,30-31H,5-10,14-15,17H2/b24-12+. The van der Waals surface area contributed by atoms with Crippen LogP contribution in [-0.2, 0) is 9.47 Å². The molecular weight excluding hydrogens is 452 g/mol. The smallest absolute Gasteiger partial charge is 0.157 e. The zero-order valence-corrected chi connectivity index (χ0v) is 20.0. The highest BCUT2D eigenvalue weighted by molar-refractivity contribution is 8.01. The molecule has 2 aromatic rings. The number of nitrogens with one attached hydrogen (secondary N) is 2. The molecular formula is C25H32N4O4S. The normalized spacial score (nSPS) is 24.1. The van der Waals surface area contributed by atoms with Crippen LogP contribution in [0.25, 0.3) is 16.8 Å². The summed E-state index contributed by atoms with van der Waals surface area (Å²) >= 11 is 1.23. The average molecular weight is 485 g/mol. The number of fused-ring (bicyclic) bond motifs is 1. The number of benzene rings is 2. The van der Waals surface area contributed by atoms with Gasteiger partial charge in [0.15, 0.2) is 6.29 Å². The van der Waals surface area contributed by atoms with E-state index in [0.717, 1.165) is 61.4 Å². The molecule has 3 atom stereocenters. The zero-order chi connectivity index (χ0) is 23.8. The third-order valence-electron chi connectivity index (χ3n) is 5.98. The van der Waals surface area contributed by atoms with Crippen LogP contribution < -0.4 is 10.0 Å². The van der Waals surface area contributed by atoms with E-state index in [2.05, 4.69) is 51.3 Å². The second-order valence-electron chi connectivity index (χ2n) is 8.61. The minimum atomic E-state index is -0.940. The fourth-order valence-electron chi connectivity index (χ4n) is 4.19. The van der Waals surface area contributed by atoms with Crippen molar-refractivity contribution in [3.8, 4) is 6.07 Å². The summed E-state index contributed by atoms with van der Waals surface area (Å²) in [6.45, 7) is 5.95. The van der Waals surface area contributed by atoms with Crippen LogP contribution in [0, 0.1) is 11.3 Å². The second kappa shape index (κ2) is 12.5. The highest BCUT2D eigenvalue weighted by Gasteiger charge is 2.26. The fraction of sp³-hybridized carbons (Fsp3) is 0.480. The van der Waals surface area contributed by atoms with Crippen molar-refractivity contribution >= 4 is 34.5 Å². The van der Waals surface area contributed by atoms with Crippen LogP contribution in [0.15, 0.2) is 41.3 Å². The number of nitrogens with zero attached hydrogens (tertiary/aromatic N) is 2. The van der Waals surface area contributed by atoms with Crippen molar-refractivity contribution in [2.45, 2.75) is 31.3 Å². The van der Waals surface area contributed by atoms with E-state index in [1.807, 2.05) is 12.1 Å². The van der Waals surface area contributed by atoms with Crippen molar-refractivity contribution in [1.82, 2.24) is 9.62 Å². The number of rotatable bonds is 9. The number of allylic oxidation sites excluding steroid dienone is 1. The Balaban J connectivity index is 1.30. The summed E-state index contributed by atoms with van der Waals surface area (Å²) < 4.78 is 13.9. The molecule has 34 heavy (non-hydrogen) atoms. The van der Waals surface area contributed by atoms with Crippen molar-refractivity contribution in [3.05, 3.63) is 46.9 Å². The lowest BCUT2D eigenvalue weighted by Crippen LogP contribution is -2.39. The molecule has 0 saturated carbocycles. The second-order valence-corrected chi connectivity index (χ2v) is 9.54. The molecule has 2 saturated heterocycles. The van der Waals surface area contributed by atoms with Gasteiger partial charge >= 0.3 is 0 Å². The van der Waals surface area contributed by atoms with E-state index in [0.29, 0.717) is 17.9 Å². The van der Waals surface area contributed by atoms with Crippen molar-refractivity contribution in [1.29, 1.82) is 5.26 Å². The first-order valence-electron chi connectivity index (χ1n) is 11.7. The Morgan fingerprint density at radius 1 is 1.15 bits per heavy atom. The molecule has 0 aliphatic carbocycles. The summed E-state index contributed by atoms with van der Waals surface area (Å²) in [7, 11) is 0. The summed E-state index contributed by atoms with van der Waals surface area (Å²) in [6, 6.07) is 14.7. The lowest BCUT2D eigenvalue weighted by molar-refractivity contribution is -0.186. The molecule has 0 spiro atoms. The summed E-state index contributed by atoms with van der Waals surface area (Å²) in [6.07, 6.45) is 0.751. The number of aliphatic hydroxyl groups is 2. The number of morpholine rings is 1. The summed E-state index contributed by atoms with van der Waals surface area (Å²) in [5, 5.41) is 34.6. The predicted octanol–water partition coefficient (Wildman–Crippen LogP) is 2.54. The number of anilines is 1. The monoisotopic (exact) mass is 484 g/mol. The molecule has 2 aromatic carbocycles. The first kappa shape index (κ1) is 24.9. The molecule has 3 unspecified atom stereocenters. The van der Waals surface area contributed by atoms with Gasteiger partial charge in [-0.2, -0.15) is 5.26 Å². The maximum Gasteiger partial charge on any atom is 0.157 e. The van der Waals surface area contributed by atoms with Gasteiger partial charge in [-0.15, -0.1) is 0 Å². The molecule has 9 heteroatoms. The van der Waals surface area contributed by atoms with Gasteiger partial charge in [0.2, 0.25) is 0 Å². The molecule has 0 radical (unpaired) electrons. The van der Waals surface area contributed by atoms with Gasteiger partial charge in [-0.05, 0) is 52.6 Å². The van der Waals surface area contributed by atoms with Crippen molar-refractivity contribution < 1.29 is 19.7 Å². The van der Waals surface area contributed by atoms with Gasteiger partial charge in [0, 0.05) is 51.3 Å². The summed E-state index contributed by atoms with van der Waals surface area (Å²) in [4.78, 5) is 2.93. The zero-order valence-electron chi connectivity index (χ0n) is 19.2. The van der Waals surface area contributed by atoms with Crippen LogP contribution >= 0.6 is 11.9 Å².